The van der Waals surface area contributed by atoms with E-state index in [1.165, 1.54) is 4.90 Å². The van der Waals surface area contributed by atoms with Crippen LogP contribution in [0.1, 0.15) is 24.9 Å². The van der Waals surface area contributed by atoms with E-state index in [1.807, 2.05) is 42.5 Å². The van der Waals surface area contributed by atoms with E-state index in [0.29, 0.717) is 6.42 Å². The van der Waals surface area contributed by atoms with Gasteiger partial charge in [-0.25, -0.2) is 0 Å². The number of rotatable bonds is 3. The van der Waals surface area contributed by atoms with Crippen molar-refractivity contribution in [3.63, 3.8) is 0 Å². The highest BCUT2D eigenvalue weighted by Crippen LogP contribution is 2.24. The minimum Gasteiger partial charge on any atom is -0.322 e. The van der Waals surface area contributed by atoms with Gasteiger partial charge in [0.15, 0.2) is 0 Å². The third kappa shape index (κ3) is 2.54. The quantitative estimate of drug-likeness (QED) is 0.878. The third-order valence-corrected chi connectivity index (χ3v) is 4.05. The molecule has 2 N–H and O–H groups in total. The van der Waals surface area contributed by atoms with Gasteiger partial charge in [0.25, 0.3) is 0 Å². The molecular formula is C17H18N2O2. The number of fused-ring (bicyclic) bond motifs is 1. The number of nitrogens with two attached hydrogens (primary N) is 1. The molecule has 1 saturated heterocycles. The Hall–Kier alpha value is -2.20. The molecule has 108 valence electrons. The van der Waals surface area contributed by atoms with Crippen LogP contribution in [-0.2, 0) is 9.59 Å². The summed E-state index contributed by atoms with van der Waals surface area (Å²) in [6.07, 6.45) is 0.295. The minimum absolute atomic E-state index is 0.115. The van der Waals surface area contributed by atoms with E-state index in [1.54, 1.807) is 6.92 Å². The Morgan fingerprint density at radius 3 is 2.57 bits per heavy atom. The largest absolute Gasteiger partial charge is 0.322 e. The van der Waals surface area contributed by atoms with Gasteiger partial charge in [-0.1, -0.05) is 43.3 Å². The second-order valence-electron chi connectivity index (χ2n) is 5.66. The predicted octanol–water partition coefficient (Wildman–Crippen LogP) is 2.23. The topological polar surface area (TPSA) is 63.4 Å². The van der Waals surface area contributed by atoms with Gasteiger partial charge in [-0.2, -0.15) is 0 Å². The molecule has 0 radical (unpaired) electrons. The second kappa shape index (κ2) is 5.30. The fourth-order valence-electron chi connectivity index (χ4n) is 2.78. The van der Waals surface area contributed by atoms with Crippen LogP contribution in [0.15, 0.2) is 42.5 Å². The van der Waals surface area contributed by atoms with Crippen molar-refractivity contribution in [3.8, 4) is 0 Å². The Labute approximate surface area is 123 Å². The molecule has 0 aromatic heterocycles. The van der Waals surface area contributed by atoms with Crippen LogP contribution in [0, 0.1) is 5.92 Å². The maximum absolute atomic E-state index is 11.9. The standard InChI is InChI=1S/C17H18N2O2/c1-11-8-16(20)19(17(11)21)10-15(18)14-7-6-12-4-2-3-5-13(12)9-14/h2-7,9,11,15H,8,10,18H2,1H3. The van der Waals surface area contributed by atoms with Crippen LogP contribution in [0.3, 0.4) is 0 Å². The Kier molecular flexibility index (Phi) is 3.47. The number of carbonyl (C=O) groups excluding carboxylic acids is 2. The van der Waals surface area contributed by atoms with Gasteiger partial charge in [-0.05, 0) is 22.4 Å². The van der Waals surface area contributed by atoms with Gasteiger partial charge >= 0.3 is 0 Å². The molecule has 0 bridgehead atoms. The first kappa shape index (κ1) is 13.8. The van der Waals surface area contributed by atoms with Crippen molar-refractivity contribution in [2.75, 3.05) is 6.54 Å². The first-order valence-corrected chi connectivity index (χ1v) is 7.15. The van der Waals surface area contributed by atoms with Crippen molar-refractivity contribution in [2.24, 2.45) is 11.7 Å². The van der Waals surface area contributed by atoms with Crippen molar-refractivity contribution < 1.29 is 9.59 Å². The van der Waals surface area contributed by atoms with Crippen molar-refractivity contribution in [1.29, 1.82) is 0 Å². The van der Waals surface area contributed by atoms with Crippen LogP contribution in [0.4, 0.5) is 0 Å². The van der Waals surface area contributed by atoms with Gasteiger partial charge in [0, 0.05) is 24.9 Å². The molecule has 2 amide bonds. The lowest BCUT2D eigenvalue weighted by molar-refractivity contribution is -0.139. The van der Waals surface area contributed by atoms with Crippen LogP contribution in [-0.4, -0.2) is 23.3 Å². The van der Waals surface area contributed by atoms with Gasteiger partial charge in [0.05, 0.1) is 0 Å². The maximum Gasteiger partial charge on any atom is 0.232 e. The number of carbonyl (C=O) groups is 2. The Balaban J connectivity index is 1.82. The number of nitrogens with zero attached hydrogens (tertiary/aromatic N) is 1. The smallest absolute Gasteiger partial charge is 0.232 e. The Morgan fingerprint density at radius 2 is 1.90 bits per heavy atom. The molecule has 3 rings (SSSR count). The van der Waals surface area contributed by atoms with E-state index < -0.39 is 0 Å². The molecule has 1 aliphatic heterocycles. The molecule has 0 spiro atoms. The molecule has 21 heavy (non-hydrogen) atoms. The predicted molar refractivity (Wildman–Crippen MR) is 81.4 cm³/mol. The maximum atomic E-state index is 11.9. The lowest BCUT2D eigenvalue weighted by Crippen LogP contribution is -2.36. The molecule has 4 nitrogen and oxygen atoms in total. The highest BCUT2D eigenvalue weighted by atomic mass is 16.2. The van der Waals surface area contributed by atoms with E-state index in [0.717, 1.165) is 16.3 Å². The fraction of sp³-hybridized carbons (Fsp3) is 0.294. The number of likely N-dealkylation sites (tertiary alicyclic amines) is 1. The van der Waals surface area contributed by atoms with E-state index >= 15 is 0 Å². The van der Waals surface area contributed by atoms with Crippen LogP contribution in [0.2, 0.25) is 0 Å². The number of imide groups is 1. The van der Waals surface area contributed by atoms with Gasteiger partial charge in [0.2, 0.25) is 11.8 Å². The zero-order chi connectivity index (χ0) is 15.0. The summed E-state index contributed by atoms with van der Waals surface area (Å²) in [6.45, 7) is 2.03. The summed E-state index contributed by atoms with van der Waals surface area (Å²) >= 11 is 0. The van der Waals surface area contributed by atoms with E-state index in [9.17, 15) is 9.59 Å². The zero-order valence-corrected chi connectivity index (χ0v) is 12.0. The summed E-state index contributed by atoms with van der Waals surface area (Å²) < 4.78 is 0. The summed E-state index contributed by atoms with van der Waals surface area (Å²) in [5.41, 5.74) is 7.13. The normalized spacial score (nSPS) is 20.3. The summed E-state index contributed by atoms with van der Waals surface area (Å²) in [4.78, 5) is 25.1. The Morgan fingerprint density at radius 1 is 1.19 bits per heavy atom. The lowest BCUT2D eigenvalue weighted by atomic mass is 10.0. The number of hydrogen-bond acceptors (Lipinski definition) is 3. The first-order chi connectivity index (χ1) is 10.1. The van der Waals surface area contributed by atoms with Crippen molar-refractivity contribution in [2.45, 2.75) is 19.4 Å². The molecule has 1 heterocycles. The third-order valence-electron chi connectivity index (χ3n) is 4.05. The van der Waals surface area contributed by atoms with Crippen LogP contribution in [0.25, 0.3) is 10.8 Å². The molecular weight excluding hydrogens is 264 g/mol. The SMILES string of the molecule is CC1CC(=O)N(CC(N)c2ccc3ccccc3c2)C1=O. The van der Waals surface area contributed by atoms with E-state index in [2.05, 4.69) is 0 Å². The minimum atomic E-state index is -0.354. The van der Waals surface area contributed by atoms with E-state index in [-0.39, 0.29) is 30.3 Å². The highest BCUT2D eigenvalue weighted by Gasteiger charge is 2.36. The first-order valence-electron chi connectivity index (χ1n) is 7.15. The number of amides is 2. The van der Waals surface area contributed by atoms with Crippen molar-refractivity contribution >= 4 is 22.6 Å². The molecule has 2 atom stereocenters. The average molecular weight is 282 g/mol. The van der Waals surface area contributed by atoms with Crippen LogP contribution in [0.5, 0.6) is 0 Å². The van der Waals surface area contributed by atoms with Crippen molar-refractivity contribution in [1.82, 2.24) is 4.90 Å². The monoisotopic (exact) mass is 282 g/mol. The summed E-state index contributed by atoms with van der Waals surface area (Å²) in [6, 6.07) is 13.7. The summed E-state index contributed by atoms with van der Waals surface area (Å²) in [5, 5.41) is 2.26. The molecule has 1 fully saturated rings. The second-order valence-corrected chi connectivity index (χ2v) is 5.66. The highest BCUT2D eigenvalue weighted by molar-refractivity contribution is 6.03. The Bertz CT molecular complexity index is 711. The van der Waals surface area contributed by atoms with E-state index in [4.69, 9.17) is 5.73 Å². The number of hydrogen-bond donors (Lipinski definition) is 1. The fourth-order valence-corrected chi connectivity index (χ4v) is 2.78. The molecule has 0 aliphatic carbocycles. The molecule has 1 aliphatic rings. The van der Waals surface area contributed by atoms with Crippen LogP contribution < -0.4 is 5.73 Å². The summed E-state index contributed by atoms with van der Waals surface area (Å²) in [7, 11) is 0. The zero-order valence-electron chi connectivity index (χ0n) is 12.0. The number of benzene rings is 2. The molecule has 2 aromatic carbocycles. The summed E-state index contributed by atoms with van der Waals surface area (Å²) in [5.74, 6) is -0.457. The lowest BCUT2D eigenvalue weighted by Gasteiger charge is -2.20. The van der Waals surface area contributed by atoms with Crippen LogP contribution >= 0.6 is 0 Å². The van der Waals surface area contributed by atoms with Crippen molar-refractivity contribution in [3.05, 3.63) is 48.0 Å². The molecule has 4 heteroatoms. The molecule has 0 saturated carbocycles. The molecule has 2 unspecified atom stereocenters. The average Bonchev–Trinajstić information content (AvgIpc) is 2.73. The molecule has 2 aromatic rings. The van der Waals surface area contributed by atoms with Gasteiger partial charge < -0.3 is 5.73 Å². The van der Waals surface area contributed by atoms with Gasteiger partial charge in [0.1, 0.15) is 0 Å². The van der Waals surface area contributed by atoms with Gasteiger partial charge in [-0.15, -0.1) is 0 Å². The van der Waals surface area contributed by atoms with Gasteiger partial charge in [-0.3, -0.25) is 14.5 Å².